The number of methoxy groups -OCH3 is 2. The average molecular weight is 351 g/mol. The van der Waals surface area contributed by atoms with Crippen molar-refractivity contribution in [3.8, 4) is 22.8 Å². The molecule has 0 saturated carbocycles. The lowest BCUT2D eigenvalue weighted by Crippen LogP contribution is -2.00. The molecule has 0 aliphatic rings. The molecule has 0 radical (unpaired) electrons. The molecule has 6 heteroatoms. The minimum atomic E-state index is -0.455. The smallest absolute Gasteiger partial charge is 0.284 e. The molecule has 2 aromatic carbocycles. The molecule has 1 aromatic heterocycles. The third-order valence-corrected chi connectivity index (χ3v) is 3.86. The minimum absolute atomic E-state index is 0.108. The van der Waals surface area contributed by atoms with Crippen LogP contribution in [0.5, 0.6) is 11.5 Å². The molecule has 0 unspecified atom stereocenters. The van der Waals surface area contributed by atoms with Gasteiger partial charge in [-0.3, -0.25) is 10.1 Å². The summed E-state index contributed by atoms with van der Waals surface area (Å²) < 4.78 is 16.3. The molecule has 0 fully saturated rings. The zero-order valence-corrected chi connectivity index (χ0v) is 14.3. The first-order chi connectivity index (χ1) is 12.6. The lowest BCUT2D eigenvalue weighted by atomic mass is 10.1. The van der Waals surface area contributed by atoms with Crippen LogP contribution < -0.4 is 9.47 Å². The Kier molecular flexibility index (Phi) is 5.03. The number of rotatable bonds is 6. The Hall–Kier alpha value is -3.54. The summed E-state index contributed by atoms with van der Waals surface area (Å²) in [4.78, 5) is 11.1. The highest BCUT2D eigenvalue weighted by atomic mass is 16.6. The fourth-order valence-electron chi connectivity index (χ4n) is 2.64. The summed E-state index contributed by atoms with van der Waals surface area (Å²) >= 11 is 0. The van der Waals surface area contributed by atoms with Gasteiger partial charge in [-0.1, -0.05) is 24.3 Å². The summed E-state index contributed by atoms with van der Waals surface area (Å²) in [5.74, 6) is 2.02. The van der Waals surface area contributed by atoms with Crippen molar-refractivity contribution in [1.82, 2.24) is 0 Å². The molecule has 0 amide bonds. The van der Waals surface area contributed by atoms with Crippen LogP contribution in [-0.2, 0) is 0 Å². The van der Waals surface area contributed by atoms with Gasteiger partial charge in [-0.05, 0) is 36.4 Å². The summed E-state index contributed by atoms with van der Waals surface area (Å²) in [5.41, 5.74) is 1.05. The predicted molar refractivity (Wildman–Crippen MR) is 98.6 cm³/mol. The maximum Gasteiger partial charge on any atom is 0.284 e. The highest BCUT2D eigenvalue weighted by Gasteiger charge is 2.20. The van der Waals surface area contributed by atoms with Crippen molar-refractivity contribution in [3.05, 3.63) is 82.1 Å². The Morgan fingerprint density at radius 3 is 2.31 bits per heavy atom. The summed E-state index contributed by atoms with van der Waals surface area (Å²) in [6.07, 6.45) is 1.39. The van der Waals surface area contributed by atoms with Gasteiger partial charge < -0.3 is 13.9 Å². The lowest BCUT2D eigenvalue weighted by Gasteiger charge is -2.06. The fraction of sp³-hybridized carbons (Fsp3) is 0.100. The van der Waals surface area contributed by atoms with Crippen LogP contribution in [0.4, 0.5) is 0 Å². The summed E-state index contributed by atoms with van der Waals surface area (Å²) in [7, 11) is 3.05. The van der Waals surface area contributed by atoms with E-state index < -0.39 is 4.92 Å². The third-order valence-electron chi connectivity index (χ3n) is 3.86. The molecule has 0 bridgehead atoms. The van der Waals surface area contributed by atoms with E-state index in [2.05, 4.69) is 0 Å². The molecule has 3 rings (SSSR count). The second-order valence-electron chi connectivity index (χ2n) is 5.39. The maximum atomic E-state index is 11.6. The number of hydrogen-bond acceptors (Lipinski definition) is 5. The van der Waals surface area contributed by atoms with Crippen LogP contribution in [0.1, 0.15) is 11.3 Å². The number of benzene rings is 2. The molecule has 0 atom stereocenters. The Morgan fingerprint density at radius 2 is 1.62 bits per heavy atom. The van der Waals surface area contributed by atoms with Gasteiger partial charge in [0.05, 0.1) is 36.3 Å². The third kappa shape index (κ3) is 3.44. The van der Waals surface area contributed by atoms with Crippen molar-refractivity contribution in [2.24, 2.45) is 0 Å². The molecular weight excluding hydrogens is 334 g/mol. The molecule has 3 aromatic rings. The Labute approximate surface area is 150 Å². The molecule has 6 nitrogen and oxygen atoms in total. The van der Waals surface area contributed by atoms with Crippen molar-refractivity contribution in [1.29, 1.82) is 0 Å². The zero-order chi connectivity index (χ0) is 18.5. The van der Waals surface area contributed by atoms with Crippen LogP contribution >= 0.6 is 0 Å². The van der Waals surface area contributed by atoms with E-state index >= 15 is 0 Å². The molecule has 26 heavy (non-hydrogen) atoms. The Bertz CT molecular complexity index is 958. The van der Waals surface area contributed by atoms with E-state index in [1.165, 1.54) is 13.2 Å². The fourth-order valence-corrected chi connectivity index (χ4v) is 2.64. The topological polar surface area (TPSA) is 74.7 Å². The molecule has 0 N–H and O–H groups in total. The summed E-state index contributed by atoms with van der Waals surface area (Å²) in [5, 5.41) is 11.6. The van der Waals surface area contributed by atoms with Crippen molar-refractivity contribution in [3.63, 3.8) is 0 Å². The number of ether oxygens (including phenoxy) is 2. The summed E-state index contributed by atoms with van der Waals surface area (Å²) in [6, 6.07) is 17.6. The number of para-hydroxylation sites is 2. The summed E-state index contributed by atoms with van der Waals surface area (Å²) in [6.45, 7) is 0. The molecular formula is C20H17NO5. The second-order valence-corrected chi connectivity index (χ2v) is 5.39. The van der Waals surface area contributed by atoms with Gasteiger partial charge in [-0.25, -0.2) is 0 Å². The van der Waals surface area contributed by atoms with Crippen LogP contribution in [0.3, 0.4) is 0 Å². The van der Waals surface area contributed by atoms with Gasteiger partial charge in [-0.2, -0.15) is 0 Å². The number of nitro groups is 1. The zero-order valence-electron chi connectivity index (χ0n) is 14.3. The van der Waals surface area contributed by atoms with E-state index in [-0.39, 0.29) is 5.70 Å². The molecule has 0 saturated heterocycles. The minimum Gasteiger partial charge on any atom is -0.496 e. The van der Waals surface area contributed by atoms with Crippen LogP contribution in [0.25, 0.3) is 23.1 Å². The highest BCUT2D eigenvalue weighted by Crippen LogP contribution is 2.33. The van der Waals surface area contributed by atoms with Crippen LogP contribution in [0.2, 0.25) is 0 Å². The molecule has 0 aliphatic carbocycles. The monoisotopic (exact) mass is 351 g/mol. The van der Waals surface area contributed by atoms with Gasteiger partial charge in [0.25, 0.3) is 5.70 Å². The van der Waals surface area contributed by atoms with E-state index in [1.807, 2.05) is 24.3 Å². The van der Waals surface area contributed by atoms with Gasteiger partial charge in [0, 0.05) is 0 Å². The number of nitrogens with zero attached hydrogens (tertiary/aromatic N) is 1. The first kappa shape index (κ1) is 17.3. The normalized spacial score (nSPS) is 11.2. The SMILES string of the molecule is COc1ccccc1C(=Cc1ccc(-c2ccccc2OC)o1)[N+](=O)[O-]. The number of hydrogen-bond donors (Lipinski definition) is 0. The molecule has 0 aliphatic heterocycles. The molecule has 0 spiro atoms. The predicted octanol–water partition coefficient (Wildman–Crippen LogP) is 4.74. The van der Waals surface area contributed by atoms with Gasteiger partial charge in [0.2, 0.25) is 0 Å². The largest absolute Gasteiger partial charge is 0.496 e. The highest BCUT2D eigenvalue weighted by molar-refractivity contribution is 5.78. The van der Waals surface area contributed by atoms with Crippen LogP contribution in [0, 0.1) is 10.1 Å². The molecule has 1 heterocycles. The Morgan fingerprint density at radius 1 is 0.962 bits per heavy atom. The van der Waals surface area contributed by atoms with Gasteiger partial charge in [0.15, 0.2) is 0 Å². The quantitative estimate of drug-likeness (QED) is 0.474. The van der Waals surface area contributed by atoms with Crippen LogP contribution in [-0.4, -0.2) is 19.1 Å². The van der Waals surface area contributed by atoms with Gasteiger partial charge >= 0.3 is 0 Å². The van der Waals surface area contributed by atoms with E-state index in [0.717, 1.165) is 5.56 Å². The average Bonchev–Trinajstić information content (AvgIpc) is 3.14. The van der Waals surface area contributed by atoms with E-state index in [0.29, 0.717) is 28.6 Å². The standard InChI is InChI=1S/C20H17NO5/c1-24-18-9-5-3-7-15(18)17(21(22)23)13-14-11-12-20(26-14)16-8-4-6-10-19(16)25-2/h3-13H,1-2H3. The van der Waals surface area contributed by atoms with E-state index in [9.17, 15) is 10.1 Å². The molecule has 132 valence electrons. The Balaban J connectivity index is 2.03. The van der Waals surface area contributed by atoms with Crippen molar-refractivity contribution < 1.29 is 18.8 Å². The maximum absolute atomic E-state index is 11.6. The van der Waals surface area contributed by atoms with Crippen molar-refractivity contribution >= 4 is 11.8 Å². The first-order valence-electron chi connectivity index (χ1n) is 7.86. The van der Waals surface area contributed by atoms with E-state index in [4.69, 9.17) is 13.9 Å². The van der Waals surface area contributed by atoms with Crippen molar-refractivity contribution in [2.75, 3.05) is 14.2 Å². The van der Waals surface area contributed by atoms with E-state index in [1.54, 1.807) is 43.5 Å². The number of furan rings is 1. The lowest BCUT2D eigenvalue weighted by molar-refractivity contribution is -0.374. The first-order valence-corrected chi connectivity index (χ1v) is 7.86. The second kappa shape index (κ2) is 7.57. The van der Waals surface area contributed by atoms with Gasteiger partial charge in [-0.15, -0.1) is 0 Å². The van der Waals surface area contributed by atoms with Crippen LogP contribution in [0.15, 0.2) is 65.1 Å². The van der Waals surface area contributed by atoms with Gasteiger partial charge in [0.1, 0.15) is 23.0 Å². The van der Waals surface area contributed by atoms with Crippen molar-refractivity contribution in [2.45, 2.75) is 0 Å².